The van der Waals surface area contributed by atoms with Crippen LogP contribution in [0.15, 0.2) is 70.9 Å². The molecule has 3 heterocycles. The number of methoxy groups -OCH3 is 1. The van der Waals surface area contributed by atoms with Crippen LogP contribution in [-0.2, 0) is 6.42 Å². The Hall–Kier alpha value is -2.80. The number of halogens is 1. The number of nitrogens with zero attached hydrogens (tertiary/aromatic N) is 4. The minimum Gasteiger partial charge on any atom is -0.495 e. The molecule has 7 heteroatoms. The summed E-state index contributed by atoms with van der Waals surface area (Å²) in [7, 11) is 1.60. The van der Waals surface area contributed by atoms with Gasteiger partial charge < -0.3 is 4.74 Å². The summed E-state index contributed by atoms with van der Waals surface area (Å²) in [5, 5.41) is 4.56. The molecular formula is C18H16BrN5O. The molecule has 0 saturated heterocycles. The number of rotatable bonds is 6. The number of pyridine rings is 3. The van der Waals surface area contributed by atoms with E-state index in [1.807, 2.05) is 36.4 Å². The van der Waals surface area contributed by atoms with Gasteiger partial charge in [0.25, 0.3) is 0 Å². The zero-order valence-electron chi connectivity index (χ0n) is 13.6. The average Bonchev–Trinajstić information content (AvgIpc) is 2.66. The van der Waals surface area contributed by atoms with E-state index in [9.17, 15) is 0 Å². The number of ether oxygens (including phenoxy) is 1. The van der Waals surface area contributed by atoms with Gasteiger partial charge in [0.1, 0.15) is 10.4 Å². The lowest BCUT2D eigenvalue weighted by Crippen LogP contribution is -2.10. The average molecular weight is 398 g/mol. The largest absolute Gasteiger partial charge is 0.495 e. The van der Waals surface area contributed by atoms with Crippen LogP contribution < -0.4 is 10.2 Å². The lowest BCUT2D eigenvalue weighted by Gasteiger charge is -2.09. The van der Waals surface area contributed by atoms with Crippen molar-refractivity contribution in [2.24, 2.45) is 5.10 Å². The molecule has 6 nitrogen and oxygen atoms in total. The standard InChI is InChI=1S/C18H16BrN5O/c1-25-16-9-15(11-20-12-16)23-24-17(10-14-4-2-3-6-21-14)13-5-7-22-18(19)8-13/h2-9,11-12,23H,10H2,1H3. The highest BCUT2D eigenvalue weighted by Crippen LogP contribution is 2.16. The van der Waals surface area contributed by atoms with Crippen molar-refractivity contribution in [1.82, 2.24) is 15.0 Å². The van der Waals surface area contributed by atoms with Gasteiger partial charge in [-0.3, -0.25) is 15.4 Å². The molecule has 0 spiro atoms. The first-order valence-electron chi connectivity index (χ1n) is 7.58. The minimum atomic E-state index is 0.585. The van der Waals surface area contributed by atoms with E-state index in [1.165, 1.54) is 0 Å². The highest BCUT2D eigenvalue weighted by Gasteiger charge is 2.08. The number of aromatic nitrogens is 3. The second-order valence-electron chi connectivity index (χ2n) is 5.15. The van der Waals surface area contributed by atoms with Crippen LogP contribution >= 0.6 is 15.9 Å². The van der Waals surface area contributed by atoms with Crippen LogP contribution in [0.2, 0.25) is 0 Å². The lowest BCUT2D eigenvalue weighted by atomic mass is 10.1. The molecular weight excluding hydrogens is 382 g/mol. The molecule has 0 aliphatic heterocycles. The molecule has 3 rings (SSSR count). The first-order valence-corrected chi connectivity index (χ1v) is 8.37. The molecule has 0 amide bonds. The highest BCUT2D eigenvalue weighted by atomic mass is 79.9. The van der Waals surface area contributed by atoms with Gasteiger partial charge in [0.05, 0.1) is 30.9 Å². The van der Waals surface area contributed by atoms with Crippen molar-refractivity contribution >= 4 is 27.3 Å². The summed E-state index contributed by atoms with van der Waals surface area (Å²) in [6, 6.07) is 11.5. The molecule has 3 aromatic rings. The van der Waals surface area contributed by atoms with E-state index < -0.39 is 0 Å². The molecule has 0 radical (unpaired) electrons. The summed E-state index contributed by atoms with van der Waals surface area (Å²) in [5.74, 6) is 0.665. The van der Waals surface area contributed by atoms with Crippen molar-refractivity contribution in [2.45, 2.75) is 6.42 Å². The van der Waals surface area contributed by atoms with Gasteiger partial charge in [0.2, 0.25) is 0 Å². The smallest absolute Gasteiger partial charge is 0.139 e. The van der Waals surface area contributed by atoms with Crippen molar-refractivity contribution in [3.05, 3.63) is 77.0 Å². The molecule has 0 bridgehead atoms. The molecule has 1 N–H and O–H groups in total. The van der Waals surface area contributed by atoms with Crippen LogP contribution in [0.3, 0.4) is 0 Å². The third-order valence-corrected chi connectivity index (χ3v) is 3.84. The Morgan fingerprint density at radius 3 is 2.84 bits per heavy atom. The summed E-state index contributed by atoms with van der Waals surface area (Å²) >= 11 is 3.40. The summed E-state index contributed by atoms with van der Waals surface area (Å²) in [4.78, 5) is 12.7. The van der Waals surface area contributed by atoms with E-state index in [2.05, 4.69) is 41.4 Å². The van der Waals surface area contributed by atoms with Crippen LogP contribution in [0.5, 0.6) is 5.75 Å². The summed E-state index contributed by atoms with van der Waals surface area (Å²) in [6.45, 7) is 0. The third kappa shape index (κ3) is 4.84. The van der Waals surface area contributed by atoms with Crippen LogP contribution in [0.1, 0.15) is 11.3 Å². The molecule has 0 aliphatic carbocycles. The lowest BCUT2D eigenvalue weighted by molar-refractivity contribution is 0.413. The van der Waals surface area contributed by atoms with E-state index in [1.54, 1.807) is 31.9 Å². The van der Waals surface area contributed by atoms with Crippen molar-refractivity contribution < 1.29 is 4.74 Å². The quantitative estimate of drug-likeness (QED) is 0.390. The minimum absolute atomic E-state index is 0.585. The van der Waals surface area contributed by atoms with Crippen molar-refractivity contribution in [3.8, 4) is 5.75 Å². The van der Waals surface area contributed by atoms with E-state index in [0.29, 0.717) is 12.2 Å². The van der Waals surface area contributed by atoms with Gasteiger partial charge in [-0.1, -0.05) is 6.07 Å². The van der Waals surface area contributed by atoms with Gasteiger partial charge in [-0.25, -0.2) is 4.98 Å². The van der Waals surface area contributed by atoms with Crippen LogP contribution in [-0.4, -0.2) is 27.8 Å². The second-order valence-corrected chi connectivity index (χ2v) is 5.96. The molecule has 126 valence electrons. The van der Waals surface area contributed by atoms with Gasteiger partial charge >= 0.3 is 0 Å². The predicted octanol–water partition coefficient (Wildman–Crippen LogP) is 3.70. The van der Waals surface area contributed by atoms with Crippen LogP contribution in [0, 0.1) is 0 Å². The van der Waals surface area contributed by atoms with E-state index in [0.717, 1.165) is 27.3 Å². The van der Waals surface area contributed by atoms with Gasteiger partial charge in [0, 0.05) is 36.1 Å². The monoisotopic (exact) mass is 397 g/mol. The zero-order valence-corrected chi connectivity index (χ0v) is 15.1. The number of hydrazone groups is 1. The third-order valence-electron chi connectivity index (χ3n) is 3.40. The molecule has 0 aromatic carbocycles. The number of hydrogen-bond acceptors (Lipinski definition) is 6. The van der Waals surface area contributed by atoms with Crippen molar-refractivity contribution in [3.63, 3.8) is 0 Å². The number of hydrogen-bond donors (Lipinski definition) is 1. The Morgan fingerprint density at radius 2 is 2.08 bits per heavy atom. The maximum atomic E-state index is 5.18. The SMILES string of the molecule is COc1cncc(NN=C(Cc2ccccn2)c2ccnc(Br)c2)c1. The molecule has 0 saturated carbocycles. The number of anilines is 1. The highest BCUT2D eigenvalue weighted by molar-refractivity contribution is 9.10. The van der Waals surface area contributed by atoms with E-state index in [-0.39, 0.29) is 0 Å². The second kappa shape index (κ2) is 8.34. The van der Waals surface area contributed by atoms with Gasteiger partial charge in [0.15, 0.2) is 0 Å². The van der Waals surface area contributed by atoms with Crippen molar-refractivity contribution in [2.75, 3.05) is 12.5 Å². The first-order chi connectivity index (χ1) is 12.2. The first kappa shape index (κ1) is 17.0. The van der Waals surface area contributed by atoms with E-state index in [4.69, 9.17) is 4.74 Å². The van der Waals surface area contributed by atoms with Gasteiger partial charge in [-0.15, -0.1) is 0 Å². The predicted molar refractivity (Wildman–Crippen MR) is 101 cm³/mol. The summed E-state index contributed by atoms with van der Waals surface area (Å²) < 4.78 is 5.93. The van der Waals surface area contributed by atoms with Crippen LogP contribution in [0.25, 0.3) is 0 Å². The summed E-state index contributed by atoms with van der Waals surface area (Å²) in [6.07, 6.45) is 7.42. The van der Waals surface area contributed by atoms with Gasteiger partial charge in [-0.05, 0) is 40.2 Å². The maximum absolute atomic E-state index is 5.18. The Labute approximate surface area is 154 Å². The summed E-state index contributed by atoms with van der Waals surface area (Å²) in [5.41, 5.74) is 6.50. The zero-order chi connectivity index (χ0) is 17.5. The molecule has 3 aromatic heterocycles. The Kier molecular flexibility index (Phi) is 5.69. The molecule has 0 fully saturated rings. The van der Waals surface area contributed by atoms with Crippen LogP contribution in [0.4, 0.5) is 5.69 Å². The fraction of sp³-hybridized carbons (Fsp3) is 0.111. The fourth-order valence-corrected chi connectivity index (χ4v) is 2.55. The Morgan fingerprint density at radius 1 is 1.16 bits per heavy atom. The topological polar surface area (TPSA) is 72.3 Å². The Balaban J connectivity index is 1.89. The van der Waals surface area contributed by atoms with Gasteiger partial charge in [-0.2, -0.15) is 5.10 Å². The normalized spacial score (nSPS) is 11.2. The molecule has 0 atom stereocenters. The Bertz CT molecular complexity index is 870. The molecule has 0 unspecified atom stereocenters. The van der Waals surface area contributed by atoms with Crippen molar-refractivity contribution in [1.29, 1.82) is 0 Å². The molecule has 0 aliphatic rings. The fourth-order valence-electron chi connectivity index (χ4n) is 2.19. The number of nitrogens with one attached hydrogen (secondary N) is 1. The molecule has 25 heavy (non-hydrogen) atoms. The maximum Gasteiger partial charge on any atom is 0.139 e. The van der Waals surface area contributed by atoms with E-state index >= 15 is 0 Å².